The van der Waals surface area contributed by atoms with E-state index >= 15 is 0 Å². The first-order valence-corrected chi connectivity index (χ1v) is 4.29. The average molecular weight is 180 g/mol. The highest BCUT2D eigenvalue weighted by atomic mass is 16.5. The predicted molar refractivity (Wildman–Crippen MR) is 48.2 cm³/mol. The molecule has 70 valence electrons. The zero-order valence-corrected chi connectivity index (χ0v) is 7.45. The number of rotatable bonds is 2. The second kappa shape index (κ2) is 3.47. The minimum Gasteiger partial charge on any atom is -0.360 e. The molecule has 0 radical (unpaired) electrons. The van der Waals surface area contributed by atoms with Gasteiger partial charge in [0.2, 0.25) is 0 Å². The molecule has 0 bridgehead atoms. The van der Waals surface area contributed by atoms with Gasteiger partial charge < -0.3 is 15.2 Å². The maximum absolute atomic E-state index is 4.92. The van der Waals surface area contributed by atoms with Crippen LogP contribution in [0.15, 0.2) is 21.8 Å². The van der Waals surface area contributed by atoms with Gasteiger partial charge in [-0.1, -0.05) is 5.16 Å². The Balaban J connectivity index is 1.81. The Bertz CT molecular complexity index is 293. The molecule has 0 aliphatic carbocycles. The van der Waals surface area contributed by atoms with E-state index in [0.29, 0.717) is 12.6 Å². The molecule has 0 aromatic carbocycles. The van der Waals surface area contributed by atoms with Gasteiger partial charge in [0.15, 0.2) is 11.7 Å². The molecule has 5 nitrogen and oxygen atoms in total. The van der Waals surface area contributed by atoms with E-state index in [1.54, 1.807) is 6.20 Å². The van der Waals surface area contributed by atoms with Crippen molar-refractivity contribution >= 4 is 5.96 Å². The monoisotopic (exact) mass is 180 g/mol. The lowest BCUT2D eigenvalue weighted by Crippen LogP contribution is -2.37. The molecule has 2 N–H and O–H groups in total. The van der Waals surface area contributed by atoms with Crippen molar-refractivity contribution in [2.24, 2.45) is 4.99 Å². The van der Waals surface area contributed by atoms with Gasteiger partial charge >= 0.3 is 0 Å². The first-order chi connectivity index (χ1) is 6.34. The van der Waals surface area contributed by atoms with Gasteiger partial charge in [-0.25, -0.2) is 0 Å². The summed E-state index contributed by atoms with van der Waals surface area (Å²) in [6.07, 6.45) is 1.63. The van der Waals surface area contributed by atoms with Gasteiger partial charge in [0, 0.05) is 12.1 Å². The van der Waals surface area contributed by atoms with Gasteiger partial charge in [0.25, 0.3) is 0 Å². The van der Waals surface area contributed by atoms with Crippen LogP contribution >= 0.6 is 0 Å². The Labute approximate surface area is 76.2 Å². The van der Waals surface area contributed by atoms with E-state index in [9.17, 15) is 0 Å². The number of aliphatic imine (C=N–C) groups is 1. The van der Waals surface area contributed by atoms with E-state index < -0.39 is 0 Å². The van der Waals surface area contributed by atoms with E-state index in [4.69, 9.17) is 4.52 Å². The normalized spacial score (nSPS) is 21.0. The molecule has 0 spiro atoms. The fraction of sp³-hybridized carbons (Fsp3) is 0.500. The van der Waals surface area contributed by atoms with Crippen LogP contribution in [0.4, 0.5) is 0 Å². The quantitative estimate of drug-likeness (QED) is 0.678. The maximum Gasteiger partial charge on any atom is 0.191 e. The predicted octanol–water partition coefficient (Wildman–Crippen LogP) is 0.112. The molecular formula is C8H12N4O. The Morgan fingerprint density at radius 2 is 2.69 bits per heavy atom. The van der Waals surface area contributed by atoms with Crippen molar-refractivity contribution in [3.8, 4) is 0 Å². The summed E-state index contributed by atoms with van der Waals surface area (Å²) in [5, 5.41) is 9.92. The lowest BCUT2D eigenvalue weighted by Gasteiger charge is -2.06. The summed E-state index contributed by atoms with van der Waals surface area (Å²) in [7, 11) is 0. The summed E-state index contributed by atoms with van der Waals surface area (Å²) in [5.74, 6) is 1.65. The largest absolute Gasteiger partial charge is 0.360 e. The highest BCUT2D eigenvalue weighted by Gasteiger charge is 2.11. The minimum atomic E-state index is 0.428. The van der Waals surface area contributed by atoms with E-state index in [2.05, 4.69) is 27.7 Å². The Hall–Kier alpha value is -1.52. The third-order valence-electron chi connectivity index (χ3n) is 1.83. The van der Waals surface area contributed by atoms with Crippen LogP contribution in [0.25, 0.3) is 0 Å². The second-order valence-corrected chi connectivity index (χ2v) is 3.07. The molecule has 0 saturated heterocycles. The molecular weight excluding hydrogens is 168 g/mol. The van der Waals surface area contributed by atoms with Gasteiger partial charge in [-0.15, -0.1) is 0 Å². The van der Waals surface area contributed by atoms with Crippen LogP contribution in [0.5, 0.6) is 0 Å². The molecule has 1 aliphatic heterocycles. The van der Waals surface area contributed by atoms with Crippen molar-refractivity contribution in [3.05, 3.63) is 18.0 Å². The second-order valence-electron chi connectivity index (χ2n) is 3.07. The van der Waals surface area contributed by atoms with Crippen LogP contribution < -0.4 is 10.6 Å². The van der Waals surface area contributed by atoms with Crippen LogP contribution in [0.2, 0.25) is 0 Å². The topological polar surface area (TPSA) is 62.5 Å². The molecule has 0 fully saturated rings. The third kappa shape index (κ3) is 1.99. The summed E-state index contributed by atoms with van der Waals surface area (Å²) in [5.41, 5.74) is 0. The number of nitrogens with one attached hydrogen (secondary N) is 2. The van der Waals surface area contributed by atoms with Crippen molar-refractivity contribution in [2.45, 2.75) is 19.5 Å². The zero-order valence-electron chi connectivity index (χ0n) is 7.45. The highest BCUT2D eigenvalue weighted by Crippen LogP contribution is 1.97. The van der Waals surface area contributed by atoms with Crippen molar-refractivity contribution < 1.29 is 4.52 Å². The minimum absolute atomic E-state index is 0.428. The van der Waals surface area contributed by atoms with E-state index in [-0.39, 0.29) is 0 Å². The SMILES string of the molecule is CC1CN=C(NCc2ccno2)N1. The fourth-order valence-electron chi connectivity index (χ4n) is 1.16. The Morgan fingerprint density at radius 3 is 3.31 bits per heavy atom. The molecule has 13 heavy (non-hydrogen) atoms. The molecule has 2 rings (SSSR count). The average Bonchev–Trinajstić information content (AvgIpc) is 2.71. The first kappa shape index (κ1) is 8.10. The van der Waals surface area contributed by atoms with Crippen LogP contribution in [0, 0.1) is 0 Å². The summed E-state index contributed by atoms with van der Waals surface area (Å²) >= 11 is 0. The molecule has 0 amide bonds. The molecule has 0 saturated carbocycles. The molecule has 1 aromatic heterocycles. The molecule has 1 aromatic rings. The lowest BCUT2D eigenvalue weighted by atomic mass is 10.4. The van der Waals surface area contributed by atoms with E-state index in [1.807, 2.05) is 6.07 Å². The molecule has 2 heterocycles. The lowest BCUT2D eigenvalue weighted by molar-refractivity contribution is 0.380. The number of aromatic nitrogens is 1. The van der Waals surface area contributed by atoms with E-state index in [1.165, 1.54) is 0 Å². The fourth-order valence-corrected chi connectivity index (χ4v) is 1.16. The van der Waals surface area contributed by atoms with Crippen LogP contribution in [0.1, 0.15) is 12.7 Å². The third-order valence-corrected chi connectivity index (χ3v) is 1.83. The molecule has 1 unspecified atom stereocenters. The van der Waals surface area contributed by atoms with Crippen LogP contribution in [0.3, 0.4) is 0 Å². The number of nitrogens with zero attached hydrogens (tertiary/aromatic N) is 2. The summed E-state index contributed by atoms with van der Waals surface area (Å²) in [6, 6.07) is 2.25. The zero-order chi connectivity index (χ0) is 9.10. The molecule has 5 heteroatoms. The van der Waals surface area contributed by atoms with E-state index in [0.717, 1.165) is 18.3 Å². The summed E-state index contributed by atoms with van der Waals surface area (Å²) < 4.78 is 4.92. The van der Waals surface area contributed by atoms with Crippen LogP contribution in [-0.2, 0) is 6.54 Å². The summed E-state index contributed by atoms with van der Waals surface area (Å²) in [4.78, 5) is 4.25. The number of hydrogen-bond donors (Lipinski definition) is 2. The van der Waals surface area contributed by atoms with Crippen molar-refractivity contribution in [2.75, 3.05) is 6.54 Å². The van der Waals surface area contributed by atoms with Gasteiger partial charge in [-0.2, -0.15) is 0 Å². The first-order valence-electron chi connectivity index (χ1n) is 4.29. The Morgan fingerprint density at radius 1 is 1.77 bits per heavy atom. The van der Waals surface area contributed by atoms with Gasteiger partial charge in [-0.3, -0.25) is 4.99 Å². The smallest absolute Gasteiger partial charge is 0.191 e. The van der Waals surface area contributed by atoms with Gasteiger partial charge in [-0.05, 0) is 6.92 Å². The number of guanidine groups is 1. The molecule has 1 atom stereocenters. The Kier molecular flexibility index (Phi) is 2.16. The highest BCUT2D eigenvalue weighted by molar-refractivity contribution is 5.81. The van der Waals surface area contributed by atoms with Crippen molar-refractivity contribution in [1.82, 2.24) is 15.8 Å². The van der Waals surface area contributed by atoms with Gasteiger partial charge in [0.05, 0.1) is 19.3 Å². The summed E-state index contributed by atoms with van der Waals surface area (Å²) in [6.45, 7) is 3.55. The van der Waals surface area contributed by atoms with Crippen LogP contribution in [-0.4, -0.2) is 23.7 Å². The molecule has 1 aliphatic rings. The number of hydrogen-bond acceptors (Lipinski definition) is 5. The van der Waals surface area contributed by atoms with Gasteiger partial charge in [0.1, 0.15) is 0 Å². The standard InChI is InChI=1S/C8H12N4O/c1-6-4-9-8(12-6)10-5-7-2-3-11-13-7/h2-3,6H,4-5H2,1H3,(H2,9,10,12). The van der Waals surface area contributed by atoms with Crippen molar-refractivity contribution in [3.63, 3.8) is 0 Å². The van der Waals surface area contributed by atoms with Crippen molar-refractivity contribution in [1.29, 1.82) is 0 Å². The maximum atomic E-state index is 4.92.